The smallest absolute Gasteiger partial charge is 0.256 e. The third-order valence-corrected chi connectivity index (χ3v) is 3.42. The number of aromatic nitrogens is 6. The van der Waals surface area contributed by atoms with Gasteiger partial charge in [-0.15, -0.1) is 5.10 Å². The van der Waals surface area contributed by atoms with Crippen molar-refractivity contribution in [2.24, 2.45) is 0 Å². The van der Waals surface area contributed by atoms with Crippen LogP contribution in [0.1, 0.15) is 24.2 Å². The molecule has 0 saturated carbocycles. The number of carbonyl (C=O) groups is 1. The van der Waals surface area contributed by atoms with E-state index in [9.17, 15) is 4.79 Å². The average molecular weight is 311 g/mol. The summed E-state index contributed by atoms with van der Waals surface area (Å²) in [6.45, 7) is 5.36. The molecule has 1 aromatic carbocycles. The number of aryl methyl sites for hydroxylation is 2. The van der Waals surface area contributed by atoms with Crippen LogP contribution >= 0.6 is 0 Å². The average Bonchev–Trinajstić information content (AvgIpc) is 3.23. The first-order chi connectivity index (χ1) is 11.2. The second kappa shape index (κ2) is 6.39. The van der Waals surface area contributed by atoms with Crippen LogP contribution in [0.4, 0.5) is 5.82 Å². The number of carbonyl (C=O) groups excluding carboxylic acids is 1. The van der Waals surface area contributed by atoms with Crippen molar-refractivity contribution in [2.45, 2.75) is 26.9 Å². The summed E-state index contributed by atoms with van der Waals surface area (Å²) >= 11 is 0. The molecule has 1 amide bonds. The highest BCUT2D eigenvalue weighted by molar-refractivity contribution is 6.04. The van der Waals surface area contributed by atoms with E-state index in [0.29, 0.717) is 23.8 Å². The molecule has 3 rings (SSSR count). The lowest BCUT2D eigenvalue weighted by Gasteiger charge is -2.05. The molecule has 0 saturated heterocycles. The maximum Gasteiger partial charge on any atom is 0.256 e. The number of nitrogens with zero attached hydrogens (tertiary/aromatic N) is 6. The summed E-state index contributed by atoms with van der Waals surface area (Å²) < 4.78 is 3.43. The summed E-state index contributed by atoms with van der Waals surface area (Å²) in [5.74, 6) is 0.946. The van der Waals surface area contributed by atoms with Gasteiger partial charge in [0.05, 0.1) is 0 Å². The van der Waals surface area contributed by atoms with E-state index in [1.54, 1.807) is 27.6 Å². The van der Waals surface area contributed by atoms with Crippen molar-refractivity contribution in [3.8, 4) is 11.4 Å². The molecule has 0 fully saturated rings. The Labute approximate surface area is 133 Å². The minimum Gasteiger partial charge on any atom is -0.305 e. The van der Waals surface area contributed by atoms with Gasteiger partial charge in [-0.05, 0) is 36.4 Å². The van der Waals surface area contributed by atoms with Crippen LogP contribution in [0, 0.1) is 0 Å². The van der Waals surface area contributed by atoms with Crippen molar-refractivity contribution in [1.29, 1.82) is 0 Å². The summed E-state index contributed by atoms with van der Waals surface area (Å²) in [5, 5.41) is 18.6. The zero-order valence-electron chi connectivity index (χ0n) is 13.0. The predicted molar refractivity (Wildman–Crippen MR) is 84.8 cm³/mol. The molecule has 0 aliphatic heterocycles. The molecule has 0 aliphatic carbocycles. The Morgan fingerprint density at radius 1 is 1.22 bits per heavy atom. The SMILES string of the molecule is CCn1ccc(NC(=O)c2cccc(-c3nnnn3CC)c2)n1. The second-order valence-electron chi connectivity index (χ2n) is 4.91. The number of hydrogen-bond donors (Lipinski definition) is 1. The van der Waals surface area contributed by atoms with Crippen LogP contribution in [0.3, 0.4) is 0 Å². The first kappa shape index (κ1) is 14.9. The molecule has 0 unspecified atom stereocenters. The van der Waals surface area contributed by atoms with Gasteiger partial charge in [-0.25, -0.2) is 4.68 Å². The van der Waals surface area contributed by atoms with E-state index in [1.165, 1.54) is 0 Å². The van der Waals surface area contributed by atoms with Crippen LogP contribution < -0.4 is 5.32 Å². The topological polar surface area (TPSA) is 90.5 Å². The molecule has 23 heavy (non-hydrogen) atoms. The van der Waals surface area contributed by atoms with Crippen molar-refractivity contribution in [2.75, 3.05) is 5.32 Å². The maximum absolute atomic E-state index is 12.4. The summed E-state index contributed by atoms with van der Waals surface area (Å²) in [4.78, 5) is 12.4. The predicted octanol–water partition coefficient (Wildman–Crippen LogP) is 1.83. The molecule has 8 nitrogen and oxygen atoms in total. The van der Waals surface area contributed by atoms with Gasteiger partial charge in [-0.1, -0.05) is 12.1 Å². The molecule has 0 bridgehead atoms. The van der Waals surface area contributed by atoms with E-state index in [0.717, 1.165) is 12.1 Å². The molecule has 1 N–H and O–H groups in total. The van der Waals surface area contributed by atoms with Gasteiger partial charge in [-0.3, -0.25) is 9.48 Å². The maximum atomic E-state index is 12.4. The highest BCUT2D eigenvalue weighted by atomic mass is 16.1. The molecule has 2 aromatic heterocycles. The minimum atomic E-state index is -0.219. The summed E-state index contributed by atoms with van der Waals surface area (Å²) in [6, 6.07) is 8.96. The van der Waals surface area contributed by atoms with Crippen LogP contribution in [0.15, 0.2) is 36.5 Å². The molecule has 0 radical (unpaired) electrons. The third kappa shape index (κ3) is 3.10. The van der Waals surface area contributed by atoms with Crippen LogP contribution in [0.25, 0.3) is 11.4 Å². The lowest BCUT2D eigenvalue weighted by atomic mass is 10.1. The number of amides is 1. The molecular weight excluding hydrogens is 294 g/mol. The van der Waals surface area contributed by atoms with E-state index in [2.05, 4.69) is 25.9 Å². The van der Waals surface area contributed by atoms with Gasteiger partial charge >= 0.3 is 0 Å². The fraction of sp³-hybridized carbons (Fsp3) is 0.267. The molecule has 8 heteroatoms. The largest absolute Gasteiger partial charge is 0.305 e. The van der Waals surface area contributed by atoms with Gasteiger partial charge < -0.3 is 5.32 Å². The van der Waals surface area contributed by atoms with Gasteiger partial charge in [0.1, 0.15) is 0 Å². The molecule has 3 aromatic rings. The lowest BCUT2D eigenvalue weighted by Crippen LogP contribution is -2.13. The summed E-state index contributed by atoms with van der Waals surface area (Å²) in [7, 11) is 0. The second-order valence-corrected chi connectivity index (χ2v) is 4.91. The van der Waals surface area contributed by atoms with E-state index in [4.69, 9.17) is 0 Å². The number of anilines is 1. The molecular formula is C15H17N7O. The number of nitrogens with one attached hydrogen (secondary N) is 1. The molecule has 0 atom stereocenters. The van der Waals surface area contributed by atoms with E-state index < -0.39 is 0 Å². The fourth-order valence-corrected chi connectivity index (χ4v) is 2.22. The first-order valence-corrected chi connectivity index (χ1v) is 7.42. The Bertz CT molecular complexity index is 821. The molecule has 2 heterocycles. The van der Waals surface area contributed by atoms with E-state index in [1.807, 2.05) is 32.2 Å². The monoisotopic (exact) mass is 311 g/mol. The van der Waals surface area contributed by atoms with Crippen LogP contribution in [0.2, 0.25) is 0 Å². The molecule has 0 spiro atoms. The lowest BCUT2D eigenvalue weighted by molar-refractivity contribution is 0.102. The quantitative estimate of drug-likeness (QED) is 0.776. The van der Waals surface area contributed by atoms with Gasteiger partial charge in [0.25, 0.3) is 5.91 Å². The van der Waals surface area contributed by atoms with Gasteiger partial charge in [0, 0.05) is 36.5 Å². The molecule has 0 aliphatic rings. The molecule has 118 valence electrons. The van der Waals surface area contributed by atoms with Crippen LogP contribution in [-0.4, -0.2) is 35.9 Å². The van der Waals surface area contributed by atoms with Crippen molar-refractivity contribution < 1.29 is 4.79 Å². The van der Waals surface area contributed by atoms with Crippen molar-refractivity contribution in [1.82, 2.24) is 30.0 Å². The van der Waals surface area contributed by atoms with Crippen molar-refractivity contribution in [3.63, 3.8) is 0 Å². The highest BCUT2D eigenvalue weighted by Crippen LogP contribution is 2.18. The van der Waals surface area contributed by atoms with E-state index in [-0.39, 0.29) is 5.91 Å². The number of tetrazole rings is 1. The standard InChI is InChI=1S/C15H17N7O/c1-3-21-9-8-13(18-21)16-15(23)12-7-5-6-11(10-12)14-17-19-20-22(14)4-2/h5-10H,3-4H2,1-2H3,(H,16,18,23). The van der Waals surface area contributed by atoms with E-state index >= 15 is 0 Å². The normalized spacial score (nSPS) is 10.7. The Balaban J connectivity index is 1.83. The fourth-order valence-electron chi connectivity index (χ4n) is 2.22. The van der Waals surface area contributed by atoms with Gasteiger partial charge in [0.15, 0.2) is 11.6 Å². The Morgan fingerprint density at radius 2 is 2.09 bits per heavy atom. The summed E-state index contributed by atoms with van der Waals surface area (Å²) in [6.07, 6.45) is 1.82. The van der Waals surface area contributed by atoms with Crippen molar-refractivity contribution in [3.05, 3.63) is 42.1 Å². The zero-order chi connectivity index (χ0) is 16.2. The summed E-state index contributed by atoms with van der Waals surface area (Å²) in [5.41, 5.74) is 1.32. The Morgan fingerprint density at radius 3 is 2.83 bits per heavy atom. The Hall–Kier alpha value is -3.03. The third-order valence-electron chi connectivity index (χ3n) is 3.42. The van der Waals surface area contributed by atoms with Crippen molar-refractivity contribution >= 4 is 11.7 Å². The number of hydrogen-bond acceptors (Lipinski definition) is 5. The highest BCUT2D eigenvalue weighted by Gasteiger charge is 2.12. The van der Waals surface area contributed by atoms with Gasteiger partial charge in [0.2, 0.25) is 0 Å². The van der Waals surface area contributed by atoms with Crippen LogP contribution in [-0.2, 0) is 13.1 Å². The first-order valence-electron chi connectivity index (χ1n) is 7.42. The Kier molecular flexibility index (Phi) is 4.13. The van der Waals surface area contributed by atoms with Gasteiger partial charge in [-0.2, -0.15) is 5.10 Å². The minimum absolute atomic E-state index is 0.219. The van der Waals surface area contributed by atoms with Crippen LogP contribution in [0.5, 0.6) is 0 Å². The number of rotatable bonds is 5. The zero-order valence-corrected chi connectivity index (χ0v) is 13.0. The number of benzene rings is 1.